The van der Waals surface area contributed by atoms with E-state index in [0.29, 0.717) is 11.5 Å². The number of hydrogen-bond donors (Lipinski definition) is 0. The van der Waals surface area contributed by atoms with Crippen LogP contribution in [0.1, 0.15) is 29.3 Å². The van der Waals surface area contributed by atoms with E-state index >= 15 is 0 Å². The van der Waals surface area contributed by atoms with Crippen molar-refractivity contribution in [2.45, 2.75) is 13.0 Å². The van der Waals surface area contributed by atoms with E-state index in [1.54, 1.807) is 19.1 Å². The molecular weight excluding hydrogens is 352 g/mol. The zero-order valence-corrected chi connectivity index (χ0v) is 15.3. The van der Waals surface area contributed by atoms with E-state index in [2.05, 4.69) is 10.2 Å². The lowest BCUT2D eigenvalue weighted by Crippen LogP contribution is -2.09. The molecule has 0 aliphatic heterocycles. The van der Waals surface area contributed by atoms with E-state index in [4.69, 9.17) is 9.15 Å². The molecule has 1 heterocycles. The Morgan fingerprint density at radius 1 is 0.786 bits per heavy atom. The van der Waals surface area contributed by atoms with Gasteiger partial charge in [0.2, 0.25) is 5.89 Å². The molecule has 5 heteroatoms. The average Bonchev–Trinajstić information content (AvgIpc) is 3.26. The fourth-order valence-electron chi connectivity index (χ4n) is 2.80. The summed E-state index contributed by atoms with van der Waals surface area (Å²) in [6.07, 6.45) is -0.647. The van der Waals surface area contributed by atoms with Crippen molar-refractivity contribution in [2.24, 2.45) is 0 Å². The van der Waals surface area contributed by atoms with E-state index in [9.17, 15) is 4.79 Å². The number of carbonyl (C=O) groups excluding carboxylic acids is 1. The third kappa shape index (κ3) is 3.83. The summed E-state index contributed by atoms with van der Waals surface area (Å²) in [7, 11) is 0. The monoisotopic (exact) mass is 370 g/mol. The Morgan fingerprint density at radius 2 is 1.36 bits per heavy atom. The molecule has 0 amide bonds. The van der Waals surface area contributed by atoms with E-state index < -0.39 is 12.1 Å². The van der Waals surface area contributed by atoms with Crippen LogP contribution in [0.5, 0.6) is 0 Å². The van der Waals surface area contributed by atoms with Crippen molar-refractivity contribution in [1.29, 1.82) is 0 Å². The summed E-state index contributed by atoms with van der Waals surface area (Å²) in [5.41, 5.74) is 3.41. The maximum Gasteiger partial charge on any atom is 0.338 e. The molecule has 1 atom stereocenters. The Hall–Kier alpha value is -3.73. The number of esters is 1. The molecule has 0 fully saturated rings. The van der Waals surface area contributed by atoms with Crippen LogP contribution >= 0.6 is 0 Å². The predicted molar refractivity (Wildman–Crippen MR) is 105 cm³/mol. The number of hydrogen-bond acceptors (Lipinski definition) is 5. The minimum Gasteiger partial charge on any atom is -0.449 e. The summed E-state index contributed by atoms with van der Waals surface area (Å²) in [4.78, 5) is 12.4. The van der Waals surface area contributed by atoms with Gasteiger partial charge in [-0.25, -0.2) is 4.79 Å². The lowest BCUT2D eigenvalue weighted by molar-refractivity contribution is 0.0280. The summed E-state index contributed by atoms with van der Waals surface area (Å²) in [5, 5.41) is 8.02. The maximum atomic E-state index is 12.4. The molecule has 0 saturated carbocycles. The molecule has 0 aliphatic rings. The van der Waals surface area contributed by atoms with Gasteiger partial charge in [0, 0.05) is 5.56 Å². The minimum atomic E-state index is -0.647. The molecule has 0 aliphatic carbocycles. The van der Waals surface area contributed by atoms with Crippen LogP contribution in [0.4, 0.5) is 0 Å². The van der Waals surface area contributed by atoms with Gasteiger partial charge < -0.3 is 9.15 Å². The van der Waals surface area contributed by atoms with Gasteiger partial charge in [-0.2, -0.15) is 0 Å². The first-order chi connectivity index (χ1) is 13.7. The van der Waals surface area contributed by atoms with Gasteiger partial charge in [0.05, 0.1) is 5.56 Å². The molecular formula is C23H18N2O3. The lowest BCUT2D eigenvalue weighted by atomic mass is 10.0. The van der Waals surface area contributed by atoms with E-state index in [1.807, 2.05) is 72.8 Å². The zero-order chi connectivity index (χ0) is 19.3. The fraction of sp³-hybridized carbons (Fsp3) is 0.0870. The minimum absolute atomic E-state index is 0.258. The van der Waals surface area contributed by atoms with Gasteiger partial charge in [-0.3, -0.25) is 0 Å². The number of aromatic nitrogens is 2. The van der Waals surface area contributed by atoms with Crippen molar-refractivity contribution in [1.82, 2.24) is 10.2 Å². The van der Waals surface area contributed by atoms with Crippen LogP contribution in [0.25, 0.3) is 22.6 Å². The van der Waals surface area contributed by atoms with Crippen LogP contribution in [0.3, 0.4) is 0 Å². The highest BCUT2D eigenvalue weighted by molar-refractivity contribution is 5.90. The number of ether oxygens (including phenoxy) is 1. The van der Waals surface area contributed by atoms with Crippen molar-refractivity contribution in [3.8, 4) is 22.6 Å². The van der Waals surface area contributed by atoms with Gasteiger partial charge in [-0.15, -0.1) is 10.2 Å². The quantitative estimate of drug-likeness (QED) is 0.445. The van der Waals surface area contributed by atoms with Gasteiger partial charge in [0.25, 0.3) is 5.89 Å². The van der Waals surface area contributed by atoms with Gasteiger partial charge in [-0.05, 0) is 42.3 Å². The normalized spacial score (nSPS) is 11.8. The summed E-state index contributed by atoms with van der Waals surface area (Å²) in [5.74, 6) is 0.213. The summed E-state index contributed by atoms with van der Waals surface area (Å²) in [6.45, 7) is 1.71. The first-order valence-corrected chi connectivity index (χ1v) is 8.96. The molecule has 0 bridgehead atoms. The predicted octanol–water partition coefficient (Wildman–Crippen LogP) is 5.32. The lowest BCUT2D eigenvalue weighted by Gasteiger charge is -2.10. The molecule has 0 saturated heterocycles. The second-order valence-corrected chi connectivity index (χ2v) is 6.30. The molecule has 0 unspecified atom stereocenters. The highest BCUT2D eigenvalue weighted by Gasteiger charge is 2.20. The van der Waals surface area contributed by atoms with Crippen LogP contribution in [0, 0.1) is 0 Å². The summed E-state index contributed by atoms with van der Waals surface area (Å²) >= 11 is 0. The third-order valence-electron chi connectivity index (χ3n) is 4.32. The molecule has 138 valence electrons. The van der Waals surface area contributed by atoms with Crippen molar-refractivity contribution >= 4 is 5.97 Å². The number of carbonyl (C=O) groups is 1. The Kier molecular flexibility index (Phi) is 4.97. The number of nitrogens with zero attached hydrogens (tertiary/aromatic N) is 2. The molecule has 4 aromatic rings. The molecule has 0 N–H and O–H groups in total. The van der Waals surface area contributed by atoms with Crippen LogP contribution in [-0.2, 0) is 4.74 Å². The molecule has 1 aromatic heterocycles. The second-order valence-electron chi connectivity index (χ2n) is 6.30. The van der Waals surface area contributed by atoms with Gasteiger partial charge in [0.15, 0.2) is 6.10 Å². The Bertz CT molecular complexity index is 1060. The summed E-state index contributed by atoms with van der Waals surface area (Å²) < 4.78 is 11.1. The molecule has 4 rings (SSSR count). The van der Waals surface area contributed by atoms with E-state index in [-0.39, 0.29) is 5.89 Å². The van der Waals surface area contributed by atoms with E-state index in [0.717, 1.165) is 16.7 Å². The largest absolute Gasteiger partial charge is 0.449 e. The van der Waals surface area contributed by atoms with E-state index in [1.165, 1.54) is 0 Å². The molecule has 5 nitrogen and oxygen atoms in total. The smallest absolute Gasteiger partial charge is 0.338 e. The van der Waals surface area contributed by atoms with Gasteiger partial charge in [0.1, 0.15) is 0 Å². The Balaban J connectivity index is 1.44. The molecule has 0 radical (unpaired) electrons. The molecule has 3 aromatic carbocycles. The first kappa shape index (κ1) is 17.7. The van der Waals surface area contributed by atoms with Crippen molar-refractivity contribution in [3.05, 3.63) is 96.4 Å². The molecule has 0 spiro atoms. The summed E-state index contributed by atoms with van der Waals surface area (Å²) in [6, 6.07) is 26.7. The number of rotatable bonds is 5. The van der Waals surface area contributed by atoms with Crippen molar-refractivity contribution < 1.29 is 13.9 Å². The average molecular weight is 370 g/mol. The van der Waals surface area contributed by atoms with Crippen molar-refractivity contribution in [3.63, 3.8) is 0 Å². The standard InChI is InChI=1S/C23H18N2O3/c1-16(21-24-25-22(28-21)19-10-6-3-7-11-19)27-23(26)20-14-12-18(13-15-20)17-8-4-2-5-9-17/h2-16H,1H3/t16-/m1/s1. The Morgan fingerprint density at radius 3 is 2.00 bits per heavy atom. The van der Waals surface area contributed by atoms with Gasteiger partial charge >= 0.3 is 5.97 Å². The van der Waals surface area contributed by atoms with Crippen LogP contribution in [0.15, 0.2) is 89.3 Å². The van der Waals surface area contributed by atoms with Crippen molar-refractivity contribution in [2.75, 3.05) is 0 Å². The fourth-order valence-corrected chi connectivity index (χ4v) is 2.80. The first-order valence-electron chi connectivity index (χ1n) is 8.96. The zero-order valence-electron chi connectivity index (χ0n) is 15.3. The highest BCUT2D eigenvalue weighted by atomic mass is 16.6. The van der Waals surface area contributed by atoms with Crippen LogP contribution in [-0.4, -0.2) is 16.2 Å². The maximum absolute atomic E-state index is 12.4. The Labute approximate surface area is 162 Å². The third-order valence-corrected chi connectivity index (χ3v) is 4.32. The molecule has 28 heavy (non-hydrogen) atoms. The van der Waals surface area contributed by atoms with Crippen LogP contribution in [0.2, 0.25) is 0 Å². The highest BCUT2D eigenvalue weighted by Crippen LogP contribution is 2.24. The SMILES string of the molecule is C[C@@H](OC(=O)c1ccc(-c2ccccc2)cc1)c1nnc(-c2ccccc2)o1. The number of benzene rings is 3. The second kappa shape index (κ2) is 7.88. The van der Waals surface area contributed by atoms with Crippen LogP contribution < -0.4 is 0 Å². The van der Waals surface area contributed by atoms with Gasteiger partial charge in [-0.1, -0.05) is 60.7 Å². The topological polar surface area (TPSA) is 65.2 Å².